The van der Waals surface area contributed by atoms with Crippen LogP contribution in [0.3, 0.4) is 0 Å². The fourth-order valence-corrected chi connectivity index (χ4v) is 1.64. The third-order valence-corrected chi connectivity index (χ3v) is 2.42. The van der Waals surface area contributed by atoms with Crippen molar-refractivity contribution in [3.8, 4) is 0 Å². The van der Waals surface area contributed by atoms with Crippen LogP contribution in [-0.4, -0.2) is 33.1 Å². The normalized spacial score (nSPS) is 15.1. The first-order valence-corrected chi connectivity index (χ1v) is 5.06. The molecule has 0 bridgehead atoms. The minimum absolute atomic E-state index is 0.0930. The summed E-state index contributed by atoms with van der Waals surface area (Å²) in [5.41, 5.74) is 1.43. The molecule has 1 aliphatic carbocycles. The molecule has 2 N–H and O–H groups in total. The van der Waals surface area contributed by atoms with E-state index >= 15 is 0 Å². The molecular formula is C9H13N5O. The van der Waals surface area contributed by atoms with Crippen LogP contribution in [0.1, 0.15) is 36.3 Å². The van der Waals surface area contributed by atoms with Crippen molar-refractivity contribution in [2.75, 3.05) is 6.54 Å². The van der Waals surface area contributed by atoms with Crippen molar-refractivity contribution in [2.24, 2.45) is 0 Å². The number of nitrogens with one attached hydrogen (secondary N) is 2. The minimum Gasteiger partial charge on any atom is -0.349 e. The van der Waals surface area contributed by atoms with Crippen LogP contribution in [-0.2, 0) is 0 Å². The smallest absolute Gasteiger partial charge is 0.292 e. The van der Waals surface area contributed by atoms with Gasteiger partial charge in [-0.25, -0.2) is 0 Å². The van der Waals surface area contributed by atoms with Gasteiger partial charge < -0.3 is 5.32 Å². The van der Waals surface area contributed by atoms with Crippen molar-refractivity contribution < 1.29 is 4.79 Å². The zero-order valence-corrected chi connectivity index (χ0v) is 8.36. The van der Waals surface area contributed by atoms with E-state index < -0.39 is 0 Å². The number of H-pyrrole nitrogens is 1. The molecule has 0 spiro atoms. The molecule has 1 amide bonds. The first-order chi connectivity index (χ1) is 7.36. The second kappa shape index (κ2) is 4.68. The van der Waals surface area contributed by atoms with Crippen LogP contribution < -0.4 is 5.32 Å². The lowest BCUT2D eigenvalue weighted by Gasteiger charge is -2.02. The summed E-state index contributed by atoms with van der Waals surface area (Å²) in [7, 11) is 0. The number of hydrogen-bond donors (Lipinski definition) is 2. The predicted octanol–water partition coefficient (Wildman–Crippen LogP) is 0.430. The van der Waals surface area contributed by atoms with Gasteiger partial charge in [-0.1, -0.05) is 11.6 Å². The second-order valence-corrected chi connectivity index (χ2v) is 3.50. The third kappa shape index (κ3) is 2.61. The lowest BCUT2D eigenvalue weighted by atomic mass is 10.2. The number of carbonyl (C=O) groups excluding carboxylic acids is 1. The van der Waals surface area contributed by atoms with Crippen molar-refractivity contribution in [3.63, 3.8) is 0 Å². The van der Waals surface area contributed by atoms with Crippen molar-refractivity contribution in [2.45, 2.75) is 25.7 Å². The van der Waals surface area contributed by atoms with E-state index in [1.54, 1.807) is 0 Å². The van der Waals surface area contributed by atoms with Crippen LogP contribution in [0.15, 0.2) is 11.6 Å². The Balaban J connectivity index is 1.72. The van der Waals surface area contributed by atoms with Crippen LogP contribution in [0.5, 0.6) is 0 Å². The summed E-state index contributed by atoms with van der Waals surface area (Å²) in [6.07, 6.45) is 6.75. The molecule has 0 fully saturated rings. The van der Waals surface area contributed by atoms with E-state index in [2.05, 4.69) is 32.0 Å². The Hall–Kier alpha value is -1.72. The zero-order chi connectivity index (χ0) is 10.5. The van der Waals surface area contributed by atoms with Gasteiger partial charge in [0, 0.05) is 6.54 Å². The molecule has 15 heavy (non-hydrogen) atoms. The molecule has 80 valence electrons. The van der Waals surface area contributed by atoms with Crippen molar-refractivity contribution in [3.05, 3.63) is 17.5 Å². The number of amides is 1. The molecule has 0 aromatic carbocycles. The van der Waals surface area contributed by atoms with Crippen LogP contribution in [0.25, 0.3) is 0 Å². The molecular weight excluding hydrogens is 194 g/mol. The SMILES string of the molecule is O=C(NCCC1=CCCC1)c1nn[nH]n1. The molecule has 1 aromatic rings. The van der Waals surface area contributed by atoms with Gasteiger partial charge >= 0.3 is 0 Å². The highest BCUT2D eigenvalue weighted by molar-refractivity contribution is 5.89. The van der Waals surface area contributed by atoms with Gasteiger partial charge in [0.1, 0.15) is 0 Å². The first-order valence-electron chi connectivity index (χ1n) is 5.06. The van der Waals surface area contributed by atoms with E-state index in [4.69, 9.17) is 0 Å². The molecule has 0 radical (unpaired) electrons. The molecule has 1 heterocycles. The number of allylic oxidation sites excluding steroid dienone is 1. The number of tetrazole rings is 1. The second-order valence-electron chi connectivity index (χ2n) is 3.50. The lowest BCUT2D eigenvalue weighted by Crippen LogP contribution is -2.25. The Morgan fingerprint density at radius 3 is 3.20 bits per heavy atom. The number of aromatic amines is 1. The summed E-state index contributed by atoms with van der Waals surface area (Å²) in [5.74, 6) is -0.183. The van der Waals surface area contributed by atoms with Crippen LogP contribution in [0.4, 0.5) is 0 Å². The maximum absolute atomic E-state index is 11.4. The topological polar surface area (TPSA) is 83.6 Å². The Bertz CT molecular complexity index is 357. The largest absolute Gasteiger partial charge is 0.349 e. The molecule has 0 saturated heterocycles. The molecule has 1 aliphatic rings. The summed E-state index contributed by atoms with van der Waals surface area (Å²) in [4.78, 5) is 11.4. The fraction of sp³-hybridized carbons (Fsp3) is 0.556. The molecule has 6 nitrogen and oxygen atoms in total. The number of rotatable bonds is 4. The van der Waals surface area contributed by atoms with Crippen molar-refractivity contribution >= 4 is 5.91 Å². The Morgan fingerprint density at radius 1 is 1.60 bits per heavy atom. The first kappa shape index (κ1) is 9.82. The fourth-order valence-electron chi connectivity index (χ4n) is 1.64. The highest BCUT2D eigenvalue weighted by Gasteiger charge is 2.10. The van der Waals surface area contributed by atoms with E-state index in [9.17, 15) is 4.79 Å². The highest BCUT2D eigenvalue weighted by atomic mass is 16.2. The summed E-state index contributed by atoms with van der Waals surface area (Å²) >= 11 is 0. The van der Waals surface area contributed by atoms with Crippen LogP contribution >= 0.6 is 0 Å². The monoisotopic (exact) mass is 207 g/mol. The van der Waals surface area contributed by atoms with Crippen LogP contribution in [0.2, 0.25) is 0 Å². The Labute approximate surface area is 87.1 Å². The van der Waals surface area contributed by atoms with Gasteiger partial charge in [-0.05, 0) is 30.9 Å². The summed E-state index contributed by atoms with van der Waals surface area (Å²) < 4.78 is 0. The maximum Gasteiger partial charge on any atom is 0.292 e. The van der Waals surface area contributed by atoms with Gasteiger partial charge in [0.25, 0.3) is 11.7 Å². The third-order valence-electron chi connectivity index (χ3n) is 2.42. The van der Waals surface area contributed by atoms with Gasteiger partial charge in [0.2, 0.25) is 0 Å². The standard InChI is InChI=1S/C9H13N5O/c15-9(8-11-13-14-12-8)10-6-5-7-3-1-2-4-7/h3H,1-2,4-6H2,(H,10,15)(H,11,12,13,14). The highest BCUT2D eigenvalue weighted by Crippen LogP contribution is 2.19. The van der Waals surface area contributed by atoms with Gasteiger partial charge in [-0.15, -0.1) is 10.2 Å². The minimum atomic E-state index is -0.276. The molecule has 0 atom stereocenters. The Kier molecular flexibility index (Phi) is 3.06. The number of aromatic nitrogens is 4. The van der Waals surface area contributed by atoms with Crippen molar-refractivity contribution in [1.29, 1.82) is 0 Å². The van der Waals surface area contributed by atoms with Crippen molar-refractivity contribution in [1.82, 2.24) is 25.9 Å². The zero-order valence-electron chi connectivity index (χ0n) is 8.36. The molecule has 2 rings (SSSR count). The quantitative estimate of drug-likeness (QED) is 0.701. The molecule has 0 aliphatic heterocycles. The van der Waals surface area contributed by atoms with Crippen LogP contribution in [0, 0.1) is 0 Å². The number of carbonyl (C=O) groups is 1. The average molecular weight is 207 g/mol. The van der Waals surface area contributed by atoms with E-state index in [1.165, 1.54) is 18.4 Å². The van der Waals surface area contributed by atoms with Gasteiger partial charge in [-0.3, -0.25) is 4.79 Å². The summed E-state index contributed by atoms with van der Waals surface area (Å²) in [6.45, 7) is 0.638. The van der Waals surface area contributed by atoms with E-state index in [0.29, 0.717) is 6.54 Å². The molecule has 0 unspecified atom stereocenters. The van der Waals surface area contributed by atoms with E-state index in [-0.39, 0.29) is 11.7 Å². The van der Waals surface area contributed by atoms with Gasteiger partial charge in [-0.2, -0.15) is 5.21 Å². The average Bonchev–Trinajstić information content (AvgIpc) is 2.90. The van der Waals surface area contributed by atoms with E-state index in [0.717, 1.165) is 12.8 Å². The predicted molar refractivity (Wildman–Crippen MR) is 53.1 cm³/mol. The summed E-state index contributed by atoms with van der Waals surface area (Å²) in [6, 6.07) is 0. The van der Waals surface area contributed by atoms with E-state index in [1.807, 2.05) is 0 Å². The number of nitrogens with zero attached hydrogens (tertiary/aromatic N) is 3. The summed E-state index contributed by atoms with van der Waals surface area (Å²) in [5, 5.41) is 15.5. The maximum atomic E-state index is 11.4. The Morgan fingerprint density at radius 2 is 2.53 bits per heavy atom. The van der Waals surface area contributed by atoms with Gasteiger partial charge in [0.15, 0.2) is 0 Å². The van der Waals surface area contributed by atoms with Gasteiger partial charge in [0.05, 0.1) is 0 Å². The molecule has 0 saturated carbocycles. The molecule has 6 heteroatoms. The lowest BCUT2D eigenvalue weighted by molar-refractivity contribution is 0.0944. The molecule has 1 aromatic heterocycles. The number of hydrogen-bond acceptors (Lipinski definition) is 4.